The maximum absolute atomic E-state index is 12.1. The number of benzene rings is 1. The van der Waals surface area contributed by atoms with Gasteiger partial charge in [0, 0.05) is 18.2 Å². The van der Waals surface area contributed by atoms with E-state index in [0.717, 1.165) is 25.1 Å². The van der Waals surface area contributed by atoms with Crippen molar-refractivity contribution in [2.75, 3.05) is 12.4 Å². The Bertz CT molecular complexity index is 397. The van der Waals surface area contributed by atoms with E-state index in [9.17, 15) is 4.79 Å². The Morgan fingerprint density at radius 1 is 1.28 bits per heavy atom. The molecule has 0 aliphatic heterocycles. The van der Waals surface area contributed by atoms with Crippen molar-refractivity contribution in [3.05, 3.63) is 29.8 Å². The van der Waals surface area contributed by atoms with Crippen LogP contribution in [0.3, 0.4) is 0 Å². The quantitative estimate of drug-likeness (QED) is 0.857. The van der Waals surface area contributed by atoms with Crippen molar-refractivity contribution in [3.63, 3.8) is 0 Å². The van der Waals surface area contributed by atoms with Crippen LogP contribution < -0.4 is 10.6 Å². The summed E-state index contributed by atoms with van der Waals surface area (Å²) in [5, 5.41) is 6.16. The molecular weight excluding hydrogens is 224 g/mol. The number of rotatable bonds is 4. The smallest absolute Gasteiger partial charge is 0.227 e. The molecule has 18 heavy (non-hydrogen) atoms. The second kappa shape index (κ2) is 6.55. The van der Waals surface area contributed by atoms with Gasteiger partial charge in [-0.1, -0.05) is 31.4 Å². The molecule has 1 fully saturated rings. The molecule has 0 unspecified atom stereocenters. The van der Waals surface area contributed by atoms with E-state index in [0.29, 0.717) is 0 Å². The van der Waals surface area contributed by atoms with Crippen LogP contribution in [0.1, 0.15) is 37.7 Å². The highest BCUT2D eigenvalue weighted by Gasteiger charge is 2.20. The van der Waals surface area contributed by atoms with E-state index in [1.54, 1.807) is 0 Å². The topological polar surface area (TPSA) is 41.1 Å². The number of carbonyl (C=O) groups is 1. The Balaban J connectivity index is 1.95. The molecule has 3 heteroatoms. The summed E-state index contributed by atoms with van der Waals surface area (Å²) in [6.07, 6.45) is 5.75. The fourth-order valence-corrected chi connectivity index (χ4v) is 2.57. The fraction of sp³-hybridized carbons (Fsp3) is 0.533. The Kier molecular flexibility index (Phi) is 4.76. The SMILES string of the molecule is CNCc1cccc(NC(=O)C2CCCCC2)c1. The summed E-state index contributed by atoms with van der Waals surface area (Å²) in [5.74, 6) is 0.406. The lowest BCUT2D eigenvalue weighted by Crippen LogP contribution is -2.24. The van der Waals surface area contributed by atoms with Gasteiger partial charge in [0.25, 0.3) is 0 Å². The normalized spacial score (nSPS) is 16.5. The zero-order valence-electron chi connectivity index (χ0n) is 11.0. The molecule has 0 saturated heterocycles. The van der Waals surface area contributed by atoms with Crippen LogP contribution in [0.15, 0.2) is 24.3 Å². The van der Waals surface area contributed by atoms with Crippen LogP contribution in [0.5, 0.6) is 0 Å². The van der Waals surface area contributed by atoms with Crippen LogP contribution in [0.2, 0.25) is 0 Å². The standard InChI is InChI=1S/C15H22N2O/c1-16-11-12-6-5-9-14(10-12)17-15(18)13-7-3-2-4-8-13/h5-6,9-10,13,16H,2-4,7-8,11H2,1H3,(H,17,18). The Labute approximate surface area is 109 Å². The average molecular weight is 246 g/mol. The molecule has 98 valence electrons. The molecule has 1 saturated carbocycles. The molecule has 2 rings (SSSR count). The molecule has 0 radical (unpaired) electrons. The summed E-state index contributed by atoms with van der Waals surface area (Å²) < 4.78 is 0. The first-order valence-electron chi connectivity index (χ1n) is 6.84. The molecule has 0 bridgehead atoms. The predicted octanol–water partition coefficient (Wildman–Crippen LogP) is 2.92. The van der Waals surface area contributed by atoms with Crippen molar-refractivity contribution in [2.45, 2.75) is 38.6 Å². The molecule has 0 heterocycles. The van der Waals surface area contributed by atoms with Gasteiger partial charge in [0.15, 0.2) is 0 Å². The second-order valence-electron chi connectivity index (χ2n) is 5.05. The van der Waals surface area contributed by atoms with Crippen molar-refractivity contribution < 1.29 is 4.79 Å². The van der Waals surface area contributed by atoms with Gasteiger partial charge in [-0.15, -0.1) is 0 Å². The molecule has 1 aromatic rings. The summed E-state index contributed by atoms with van der Waals surface area (Å²) >= 11 is 0. The third-order valence-electron chi connectivity index (χ3n) is 3.55. The van der Waals surface area contributed by atoms with Crippen molar-refractivity contribution in [2.24, 2.45) is 5.92 Å². The lowest BCUT2D eigenvalue weighted by Gasteiger charge is -2.20. The third-order valence-corrected chi connectivity index (χ3v) is 3.55. The number of amides is 1. The minimum atomic E-state index is 0.191. The molecular formula is C15H22N2O. The van der Waals surface area contributed by atoms with Gasteiger partial charge in [0.05, 0.1) is 0 Å². The summed E-state index contributed by atoms with van der Waals surface area (Å²) in [5.41, 5.74) is 2.11. The van der Waals surface area contributed by atoms with E-state index in [1.165, 1.54) is 24.8 Å². The van der Waals surface area contributed by atoms with Crippen molar-refractivity contribution in [1.29, 1.82) is 0 Å². The monoisotopic (exact) mass is 246 g/mol. The minimum Gasteiger partial charge on any atom is -0.326 e. The molecule has 1 aliphatic rings. The van der Waals surface area contributed by atoms with Crippen molar-refractivity contribution in [3.8, 4) is 0 Å². The highest BCUT2D eigenvalue weighted by molar-refractivity contribution is 5.92. The maximum atomic E-state index is 12.1. The van der Waals surface area contributed by atoms with E-state index in [-0.39, 0.29) is 11.8 Å². The fourth-order valence-electron chi connectivity index (χ4n) is 2.57. The highest BCUT2D eigenvalue weighted by atomic mass is 16.1. The minimum absolute atomic E-state index is 0.191. The van der Waals surface area contributed by atoms with E-state index in [1.807, 2.05) is 25.2 Å². The first kappa shape index (κ1) is 13.1. The molecule has 1 aromatic carbocycles. The molecule has 0 atom stereocenters. The highest BCUT2D eigenvalue weighted by Crippen LogP contribution is 2.25. The predicted molar refractivity (Wildman–Crippen MR) is 74.4 cm³/mol. The van der Waals surface area contributed by atoms with E-state index >= 15 is 0 Å². The van der Waals surface area contributed by atoms with Gasteiger partial charge in [0.1, 0.15) is 0 Å². The number of nitrogens with one attached hydrogen (secondary N) is 2. The van der Waals surface area contributed by atoms with Gasteiger partial charge in [-0.25, -0.2) is 0 Å². The van der Waals surface area contributed by atoms with Crippen LogP contribution in [0, 0.1) is 5.92 Å². The van der Waals surface area contributed by atoms with Gasteiger partial charge in [-0.3, -0.25) is 4.79 Å². The lowest BCUT2D eigenvalue weighted by molar-refractivity contribution is -0.120. The van der Waals surface area contributed by atoms with E-state index in [4.69, 9.17) is 0 Å². The first-order chi connectivity index (χ1) is 8.79. The van der Waals surface area contributed by atoms with Crippen LogP contribution in [0.25, 0.3) is 0 Å². The van der Waals surface area contributed by atoms with Gasteiger partial charge in [-0.2, -0.15) is 0 Å². The van der Waals surface area contributed by atoms with Gasteiger partial charge >= 0.3 is 0 Å². The summed E-state index contributed by atoms with van der Waals surface area (Å²) in [4.78, 5) is 12.1. The van der Waals surface area contributed by atoms with E-state index < -0.39 is 0 Å². The number of hydrogen-bond acceptors (Lipinski definition) is 2. The van der Waals surface area contributed by atoms with Crippen molar-refractivity contribution in [1.82, 2.24) is 5.32 Å². The number of hydrogen-bond donors (Lipinski definition) is 2. The third kappa shape index (κ3) is 3.57. The molecule has 0 aromatic heterocycles. The van der Waals surface area contributed by atoms with E-state index in [2.05, 4.69) is 16.7 Å². The molecule has 1 aliphatic carbocycles. The van der Waals surface area contributed by atoms with Gasteiger partial charge < -0.3 is 10.6 Å². The van der Waals surface area contributed by atoms with Crippen LogP contribution in [0.4, 0.5) is 5.69 Å². The zero-order valence-corrected chi connectivity index (χ0v) is 11.0. The first-order valence-corrected chi connectivity index (χ1v) is 6.84. The molecule has 2 N–H and O–H groups in total. The summed E-state index contributed by atoms with van der Waals surface area (Å²) in [7, 11) is 1.92. The van der Waals surface area contributed by atoms with Crippen LogP contribution in [-0.4, -0.2) is 13.0 Å². The number of anilines is 1. The largest absolute Gasteiger partial charge is 0.326 e. The van der Waals surface area contributed by atoms with Crippen LogP contribution in [-0.2, 0) is 11.3 Å². The molecule has 3 nitrogen and oxygen atoms in total. The molecule has 0 spiro atoms. The Morgan fingerprint density at radius 3 is 2.78 bits per heavy atom. The molecule has 1 amide bonds. The lowest BCUT2D eigenvalue weighted by atomic mass is 9.88. The number of carbonyl (C=O) groups excluding carboxylic acids is 1. The van der Waals surface area contributed by atoms with Crippen molar-refractivity contribution >= 4 is 11.6 Å². The zero-order chi connectivity index (χ0) is 12.8. The van der Waals surface area contributed by atoms with Crippen LogP contribution >= 0.6 is 0 Å². The average Bonchev–Trinajstić information content (AvgIpc) is 2.40. The maximum Gasteiger partial charge on any atom is 0.227 e. The summed E-state index contributed by atoms with van der Waals surface area (Å²) in [6, 6.07) is 8.05. The summed E-state index contributed by atoms with van der Waals surface area (Å²) in [6.45, 7) is 0.827. The van der Waals surface area contributed by atoms with Gasteiger partial charge in [-0.05, 0) is 37.6 Å². The van der Waals surface area contributed by atoms with Gasteiger partial charge in [0.2, 0.25) is 5.91 Å². The second-order valence-corrected chi connectivity index (χ2v) is 5.05. The Morgan fingerprint density at radius 2 is 2.06 bits per heavy atom. The Hall–Kier alpha value is -1.35.